The van der Waals surface area contributed by atoms with Crippen LogP contribution in [0.3, 0.4) is 0 Å². The van der Waals surface area contributed by atoms with Gasteiger partial charge >= 0.3 is 35.8 Å². The van der Waals surface area contributed by atoms with Gasteiger partial charge in [-0.3, -0.25) is 24.0 Å². The van der Waals surface area contributed by atoms with Gasteiger partial charge in [0.1, 0.15) is 38.1 Å². The Balaban J connectivity index is 1.48. The molecule has 13 nitrogen and oxygen atoms in total. The van der Waals surface area contributed by atoms with Crippen molar-refractivity contribution in [3.05, 3.63) is 71.3 Å². The van der Waals surface area contributed by atoms with E-state index < -0.39 is 54.1 Å². The highest BCUT2D eigenvalue weighted by Crippen LogP contribution is 2.13. The molecule has 2 aromatic carbocycles. The number of rotatable bonds is 22. The second-order valence-corrected chi connectivity index (χ2v) is 11.7. The van der Waals surface area contributed by atoms with Crippen LogP contribution in [-0.4, -0.2) is 79.7 Å². The van der Waals surface area contributed by atoms with E-state index in [-0.39, 0.29) is 62.4 Å². The van der Waals surface area contributed by atoms with Crippen LogP contribution in [0.1, 0.15) is 110 Å². The van der Waals surface area contributed by atoms with Gasteiger partial charge in [-0.15, -0.1) is 0 Å². The van der Waals surface area contributed by atoms with Crippen LogP contribution in [0.25, 0.3) is 0 Å². The highest BCUT2D eigenvalue weighted by atomic mass is 16.6. The van der Waals surface area contributed by atoms with Crippen molar-refractivity contribution in [1.29, 1.82) is 0 Å². The number of carbonyl (C=O) groups is 7. The van der Waals surface area contributed by atoms with Crippen molar-refractivity contribution in [1.82, 2.24) is 0 Å². The lowest BCUT2D eigenvalue weighted by Gasteiger charge is -2.15. The summed E-state index contributed by atoms with van der Waals surface area (Å²) in [7, 11) is 0. The molecule has 272 valence electrons. The van der Waals surface area contributed by atoms with E-state index in [1.165, 1.54) is 19.1 Å². The summed E-state index contributed by atoms with van der Waals surface area (Å²) >= 11 is 0. The number of Topliss-reactive ketones (excluding diaryl/α,β-unsaturated/α-hetero) is 1. The summed E-state index contributed by atoms with van der Waals surface area (Å²) in [5.41, 5.74) is 0.786. The lowest BCUT2D eigenvalue weighted by molar-refractivity contribution is -0.158. The molecule has 2 aromatic rings. The van der Waals surface area contributed by atoms with Crippen LogP contribution in [-0.2, 0) is 47.6 Å². The number of benzene rings is 2. The van der Waals surface area contributed by atoms with E-state index in [1.54, 1.807) is 63.2 Å². The molecule has 0 aromatic heterocycles. The Bertz CT molecular complexity index is 1440. The molecule has 0 fully saturated rings. The topological polar surface area (TPSA) is 175 Å². The highest BCUT2D eigenvalue weighted by Gasteiger charge is 2.19. The standard InChI is InChI=1S/C37H46O13/c1-25(48-34(41)20-12-11-19-33(40)46-23-27(3)50-36(43)29-14-6-5-7-15-29)22-45-32(39)18-10-13-21-35(42)49-26(2)24-47-37(44)31-17-9-8-16-30(31)28(4)38/h5-9,14-17,25-27H,10-13,18-24H2,1-4H3. The van der Waals surface area contributed by atoms with Crippen molar-refractivity contribution in [3.8, 4) is 0 Å². The first-order chi connectivity index (χ1) is 23.8. The predicted octanol–water partition coefficient (Wildman–Crippen LogP) is 5.36. The summed E-state index contributed by atoms with van der Waals surface area (Å²) in [5.74, 6) is -3.45. The van der Waals surface area contributed by atoms with Gasteiger partial charge in [0.2, 0.25) is 0 Å². The maximum Gasteiger partial charge on any atom is 0.339 e. The SMILES string of the molecule is CC(=O)c1ccccc1C(=O)OCC(C)OC(=O)CCCCC(=O)OCC(C)OC(=O)CCCCC(=O)OCC(C)OC(=O)c1ccccc1. The number of carbonyl (C=O) groups excluding carboxylic acids is 7. The summed E-state index contributed by atoms with van der Waals surface area (Å²) in [6.45, 7) is 5.74. The normalized spacial score (nSPS) is 12.4. The van der Waals surface area contributed by atoms with Gasteiger partial charge < -0.3 is 28.4 Å². The molecule has 0 amide bonds. The van der Waals surface area contributed by atoms with Gasteiger partial charge in [0.15, 0.2) is 5.78 Å². The third kappa shape index (κ3) is 16.8. The van der Waals surface area contributed by atoms with Crippen LogP contribution in [0.5, 0.6) is 0 Å². The molecule has 0 bridgehead atoms. The Labute approximate surface area is 291 Å². The molecule has 0 saturated carbocycles. The molecule has 0 radical (unpaired) electrons. The lowest BCUT2D eigenvalue weighted by atomic mass is 10.0. The molecule has 0 N–H and O–H groups in total. The molecule has 0 spiro atoms. The molecular weight excluding hydrogens is 652 g/mol. The molecule has 3 atom stereocenters. The van der Waals surface area contributed by atoms with Gasteiger partial charge in [-0.05, 0) is 71.6 Å². The lowest BCUT2D eigenvalue weighted by Crippen LogP contribution is -2.23. The molecule has 3 unspecified atom stereocenters. The quantitative estimate of drug-likeness (QED) is 0.0666. The summed E-state index contributed by atoms with van der Waals surface area (Å²) < 4.78 is 31.2. The first kappa shape index (κ1) is 41.1. The van der Waals surface area contributed by atoms with Gasteiger partial charge in [0.05, 0.1) is 11.1 Å². The Morgan fingerprint density at radius 2 is 0.880 bits per heavy atom. The molecule has 0 heterocycles. The Morgan fingerprint density at radius 1 is 0.480 bits per heavy atom. The maximum absolute atomic E-state index is 12.3. The fourth-order valence-electron chi connectivity index (χ4n) is 4.37. The van der Waals surface area contributed by atoms with E-state index in [4.69, 9.17) is 28.4 Å². The summed E-state index contributed by atoms with van der Waals surface area (Å²) in [5, 5.41) is 0. The second-order valence-electron chi connectivity index (χ2n) is 11.7. The Kier molecular flexibility index (Phi) is 18.5. The van der Waals surface area contributed by atoms with Crippen molar-refractivity contribution in [3.63, 3.8) is 0 Å². The zero-order chi connectivity index (χ0) is 36.9. The van der Waals surface area contributed by atoms with Crippen molar-refractivity contribution in [2.45, 2.75) is 97.4 Å². The monoisotopic (exact) mass is 698 g/mol. The zero-order valence-corrected chi connectivity index (χ0v) is 29.0. The molecule has 0 aliphatic carbocycles. The molecule has 13 heteroatoms. The van der Waals surface area contributed by atoms with Crippen molar-refractivity contribution in [2.24, 2.45) is 0 Å². The molecule has 0 aliphatic heterocycles. The smallest absolute Gasteiger partial charge is 0.339 e. The maximum atomic E-state index is 12.3. The fourth-order valence-corrected chi connectivity index (χ4v) is 4.37. The first-order valence-corrected chi connectivity index (χ1v) is 16.6. The number of ketones is 1. The van der Waals surface area contributed by atoms with Crippen LogP contribution in [0, 0.1) is 0 Å². The van der Waals surface area contributed by atoms with Crippen LogP contribution in [0.4, 0.5) is 0 Å². The van der Waals surface area contributed by atoms with Crippen LogP contribution >= 0.6 is 0 Å². The number of unbranched alkanes of at least 4 members (excludes halogenated alkanes) is 2. The van der Waals surface area contributed by atoms with Gasteiger partial charge in [0, 0.05) is 31.2 Å². The summed E-state index contributed by atoms with van der Waals surface area (Å²) in [6, 6.07) is 14.8. The minimum Gasteiger partial charge on any atom is -0.462 e. The largest absolute Gasteiger partial charge is 0.462 e. The number of hydrogen-bond donors (Lipinski definition) is 0. The fraction of sp³-hybridized carbons (Fsp3) is 0.486. The molecule has 0 aliphatic rings. The van der Waals surface area contributed by atoms with Gasteiger partial charge in [-0.2, -0.15) is 0 Å². The summed E-state index contributed by atoms with van der Waals surface area (Å²) in [4.78, 5) is 84.3. The second kappa shape index (κ2) is 22.5. The number of esters is 6. The minimum absolute atomic E-state index is 0.0494. The third-order valence-electron chi connectivity index (χ3n) is 6.94. The van der Waals surface area contributed by atoms with Gasteiger partial charge in [-0.25, -0.2) is 9.59 Å². The minimum atomic E-state index is -0.708. The van der Waals surface area contributed by atoms with Crippen molar-refractivity contribution in [2.75, 3.05) is 19.8 Å². The highest BCUT2D eigenvalue weighted by molar-refractivity contribution is 6.05. The molecule has 0 saturated heterocycles. The van der Waals surface area contributed by atoms with E-state index >= 15 is 0 Å². The average molecular weight is 699 g/mol. The van der Waals surface area contributed by atoms with E-state index in [2.05, 4.69) is 0 Å². The van der Waals surface area contributed by atoms with Crippen molar-refractivity contribution >= 4 is 41.6 Å². The average Bonchev–Trinajstić information content (AvgIpc) is 3.09. The van der Waals surface area contributed by atoms with Crippen LogP contribution in [0.2, 0.25) is 0 Å². The van der Waals surface area contributed by atoms with Crippen LogP contribution < -0.4 is 0 Å². The van der Waals surface area contributed by atoms with E-state index in [9.17, 15) is 33.6 Å². The Morgan fingerprint density at radius 3 is 1.36 bits per heavy atom. The van der Waals surface area contributed by atoms with Crippen molar-refractivity contribution < 1.29 is 62.0 Å². The molecule has 2 rings (SSSR count). The summed E-state index contributed by atoms with van der Waals surface area (Å²) in [6.07, 6.45) is -0.209. The van der Waals surface area contributed by atoms with Gasteiger partial charge in [-0.1, -0.05) is 36.4 Å². The zero-order valence-electron chi connectivity index (χ0n) is 29.0. The molecule has 50 heavy (non-hydrogen) atoms. The first-order valence-electron chi connectivity index (χ1n) is 16.6. The van der Waals surface area contributed by atoms with E-state index in [0.29, 0.717) is 31.2 Å². The van der Waals surface area contributed by atoms with Crippen LogP contribution in [0.15, 0.2) is 54.6 Å². The number of hydrogen-bond acceptors (Lipinski definition) is 13. The van der Waals surface area contributed by atoms with E-state index in [1.807, 2.05) is 0 Å². The number of ether oxygens (including phenoxy) is 6. The molecular formula is C37H46O13. The predicted molar refractivity (Wildman–Crippen MR) is 178 cm³/mol. The third-order valence-corrected chi connectivity index (χ3v) is 6.94. The Hall–Kier alpha value is -5.07. The van der Waals surface area contributed by atoms with E-state index in [0.717, 1.165) is 0 Å². The van der Waals surface area contributed by atoms with Gasteiger partial charge in [0.25, 0.3) is 0 Å².